The quantitative estimate of drug-likeness (QED) is 0.0704. The largest absolute Gasteiger partial charge is 0.462 e. The summed E-state index contributed by atoms with van der Waals surface area (Å²) in [5, 5.41) is 8.57. The van der Waals surface area contributed by atoms with Crippen molar-refractivity contribution in [1.29, 1.82) is 0 Å². The van der Waals surface area contributed by atoms with Crippen molar-refractivity contribution in [2.24, 2.45) is 22.7 Å². The second-order valence-electron chi connectivity index (χ2n) is 20.3. The molecule has 0 unspecified atom stereocenters. The molecule has 0 radical (unpaired) electrons. The Morgan fingerprint density at radius 2 is 1.27 bits per heavy atom. The number of esters is 1. The van der Waals surface area contributed by atoms with Gasteiger partial charge in [0.15, 0.2) is 11.6 Å². The van der Waals surface area contributed by atoms with Gasteiger partial charge >= 0.3 is 12.1 Å². The molecule has 3 amide bonds. The van der Waals surface area contributed by atoms with Gasteiger partial charge in [0.1, 0.15) is 16.3 Å². The lowest BCUT2D eigenvalue weighted by Crippen LogP contribution is -2.45. The molecule has 0 bridgehead atoms. The smallest absolute Gasteiger partial charge is 0.416 e. The number of amides is 3. The SMILES string of the molecule is CC(=O)c1cc(C)c(CC[C@@H]2CNc3nc(NC(=O)C(C)(C)C)[nH]c(=O)c3C2)s1.CCOC(=O)c1cc(C)c(CC[C@H]2Cc3c(nc(NC(=O)C(C)(C)C)[nH]c3=O)N(C(=O)OC(C)(C)C)C2)s1. The fourth-order valence-electron chi connectivity index (χ4n) is 7.29. The molecule has 2 aliphatic rings. The molecule has 0 fully saturated rings. The van der Waals surface area contributed by atoms with Crippen LogP contribution in [0.15, 0.2) is 21.7 Å². The molecule has 0 aliphatic carbocycles. The van der Waals surface area contributed by atoms with Crippen molar-refractivity contribution < 1.29 is 33.4 Å². The van der Waals surface area contributed by atoms with E-state index >= 15 is 0 Å². The molecule has 2 aliphatic heterocycles. The summed E-state index contributed by atoms with van der Waals surface area (Å²) in [6.45, 7) is 24.7. The van der Waals surface area contributed by atoms with Gasteiger partial charge in [-0.1, -0.05) is 41.5 Å². The Kier molecular flexibility index (Phi) is 16.5. The number of nitrogens with zero attached hydrogens (tertiary/aromatic N) is 3. The maximum Gasteiger partial charge on any atom is 0.416 e. The second kappa shape index (κ2) is 21.1. The van der Waals surface area contributed by atoms with Gasteiger partial charge in [-0.05, 0) is 122 Å². The van der Waals surface area contributed by atoms with E-state index in [1.165, 1.54) is 21.1 Å². The zero-order chi connectivity index (χ0) is 49.8. The van der Waals surface area contributed by atoms with E-state index < -0.39 is 28.1 Å². The van der Waals surface area contributed by atoms with E-state index in [2.05, 4.69) is 35.9 Å². The van der Waals surface area contributed by atoms with E-state index in [9.17, 15) is 33.6 Å². The van der Waals surface area contributed by atoms with Crippen LogP contribution in [0.4, 0.5) is 28.3 Å². The number of ether oxygens (including phenoxy) is 2. The Hall–Kier alpha value is -5.69. The first kappa shape index (κ1) is 52.3. The lowest BCUT2D eigenvalue weighted by molar-refractivity contribution is -0.123. The zero-order valence-electron chi connectivity index (χ0n) is 41.0. The number of hydrogen-bond acceptors (Lipinski definition) is 14. The van der Waals surface area contributed by atoms with E-state index in [1.54, 1.807) is 87.5 Å². The lowest BCUT2D eigenvalue weighted by atomic mass is 9.91. The molecule has 4 aromatic rings. The van der Waals surface area contributed by atoms with Crippen LogP contribution in [0.5, 0.6) is 0 Å². The number of rotatable bonds is 11. The molecule has 0 aromatic carbocycles. The maximum atomic E-state index is 13.2. The first-order chi connectivity index (χ1) is 31.1. The average molecular weight is 963 g/mol. The third-order valence-electron chi connectivity index (χ3n) is 11.1. The molecule has 2 atom stereocenters. The maximum absolute atomic E-state index is 13.2. The number of hydrogen-bond donors (Lipinski definition) is 5. The molecule has 19 heteroatoms. The van der Waals surface area contributed by atoms with Crippen LogP contribution in [0.3, 0.4) is 0 Å². The summed E-state index contributed by atoms with van der Waals surface area (Å²) in [7, 11) is 0. The number of anilines is 4. The van der Waals surface area contributed by atoms with Crippen molar-refractivity contribution in [2.45, 2.75) is 134 Å². The molecule has 0 saturated carbocycles. The fraction of sp³-hybridized carbons (Fsp3) is 0.562. The third kappa shape index (κ3) is 13.9. The number of carbonyl (C=O) groups is 5. The summed E-state index contributed by atoms with van der Waals surface area (Å²) in [6.07, 6.45) is 3.63. The van der Waals surface area contributed by atoms with Gasteiger partial charge < -0.3 is 14.8 Å². The summed E-state index contributed by atoms with van der Waals surface area (Å²) in [5.41, 5.74) is 0.522. The van der Waals surface area contributed by atoms with E-state index in [4.69, 9.17) is 9.47 Å². The fourth-order valence-corrected chi connectivity index (χ4v) is 9.46. The van der Waals surface area contributed by atoms with Crippen molar-refractivity contribution in [1.82, 2.24) is 19.9 Å². The number of Topliss-reactive ketones (excluding diaryl/α,β-unsaturated/α-hetero) is 1. The number of H-pyrrole nitrogens is 2. The van der Waals surface area contributed by atoms with E-state index in [1.807, 2.05) is 26.0 Å². The summed E-state index contributed by atoms with van der Waals surface area (Å²) in [4.78, 5) is 106. The number of aryl methyl sites for hydroxylation is 4. The zero-order valence-corrected chi connectivity index (χ0v) is 42.6. The number of nitrogens with one attached hydrogen (secondary N) is 5. The summed E-state index contributed by atoms with van der Waals surface area (Å²) < 4.78 is 10.7. The molecule has 364 valence electrons. The van der Waals surface area contributed by atoms with Gasteiger partial charge in [0.25, 0.3) is 11.1 Å². The number of ketones is 1. The standard InChI is InChI=1S/C27H38N4O6S.C21H28N4O3S/c1-9-36-22(33)19-12-15(2)18(38-19)11-10-16-13-17-20(31(14-16)25(35)37-27(6,7)8)28-24(29-21(17)32)30-23(34)26(3,4)5;1-11-8-16(12(2)26)29-15(11)7-6-13-9-14-17(22-10-13)23-20(24-18(14)27)25-19(28)21(3,4)5/h12,16H,9-11,13-14H2,1-8H3,(H2,28,29,30,32,34);8,13H,6-7,9-10H2,1-5H3,(H3,22,23,24,25,27,28)/t16-;13-/m00/s1. The highest BCUT2D eigenvalue weighted by atomic mass is 32.1. The Morgan fingerprint density at radius 1 is 0.761 bits per heavy atom. The molecule has 17 nitrogen and oxygen atoms in total. The van der Waals surface area contributed by atoms with Crippen molar-refractivity contribution in [2.75, 3.05) is 40.5 Å². The predicted molar refractivity (Wildman–Crippen MR) is 263 cm³/mol. The van der Waals surface area contributed by atoms with Gasteiger partial charge in [0.2, 0.25) is 23.7 Å². The van der Waals surface area contributed by atoms with Gasteiger partial charge in [-0.15, -0.1) is 22.7 Å². The minimum absolute atomic E-state index is 0.0126. The highest BCUT2D eigenvalue weighted by Gasteiger charge is 2.36. The Morgan fingerprint density at radius 3 is 1.79 bits per heavy atom. The first-order valence-electron chi connectivity index (χ1n) is 22.6. The van der Waals surface area contributed by atoms with Crippen molar-refractivity contribution in [3.63, 3.8) is 0 Å². The van der Waals surface area contributed by atoms with Crippen molar-refractivity contribution in [3.8, 4) is 0 Å². The molecular formula is C48H66N8O9S2. The summed E-state index contributed by atoms with van der Waals surface area (Å²) in [6, 6.07) is 3.79. The van der Waals surface area contributed by atoms with Crippen LogP contribution in [-0.2, 0) is 44.7 Å². The van der Waals surface area contributed by atoms with Crippen LogP contribution >= 0.6 is 22.7 Å². The number of fused-ring (bicyclic) bond motifs is 2. The van der Waals surface area contributed by atoms with Crippen LogP contribution < -0.4 is 32.0 Å². The number of aromatic nitrogens is 4. The van der Waals surface area contributed by atoms with Gasteiger partial charge in [-0.3, -0.25) is 49.5 Å². The highest BCUT2D eigenvalue weighted by molar-refractivity contribution is 7.14. The van der Waals surface area contributed by atoms with Gasteiger partial charge in [0.05, 0.1) is 22.6 Å². The summed E-state index contributed by atoms with van der Waals surface area (Å²) in [5.74, 6) is 0.416. The van der Waals surface area contributed by atoms with E-state index in [0.29, 0.717) is 66.6 Å². The van der Waals surface area contributed by atoms with Crippen molar-refractivity contribution >= 4 is 75.9 Å². The molecule has 6 heterocycles. The normalized spacial score (nSPS) is 15.8. The third-order valence-corrected chi connectivity index (χ3v) is 13.8. The monoisotopic (exact) mass is 962 g/mol. The average Bonchev–Trinajstić information content (AvgIpc) is 3.79. The van der Waals surface area contributed by atoms with Crippen LogP contribution in [-0.4, -0.2) is 74.9 Å². The second-order valence-corrected chi connectivity index (χ2v) is 22.5. The van der Waals surface area contributed by atoms with E-state index in [0.717, 1.165) is 40.3 Å². The number of aromatic amines is 2. The summed E-state index contributed by atoms with van der Waals surface area (Å²) >= 11 is 2.97. The topological polar surface area (TPSA) is 235 Å². The molecule has 67 heavy (non-hydrogen) atoms. The molecule has 6 rings (SSSR count). The first-order valence-corrected chi connectivity index (χ1v) is 24.3. The Bertz CT molecular complexity index is 2620. The van der Waals surface area contributed by atoms with Crippen LogP contribution in [0.2, 0.25) is 0 Å². The van der Waals surface area contributed by atoms with Crippen molar-refractivity contribution in [3.05, 3.63) is 74.6 Å². The molecule has 0 spiro atoms. The van der Waals surface area contributed by atoms with Crippen LogP contribution in [0, 0.1) is 36.5 Å². The Labute approximate surface area is 399 Å². The minimum Gasteiger partial charge on any atom is -0.462 e. The molecule has 0 saturated heterocycles. The number of carbonyl (C=O) groups excluding carboxylic acids is 5. The molecule has 4 aromatic heterocycles. The predicted octanol–water partition coefficient (Wildman–Crippen LogP) is 8.39. The van der Waals surface area contributed by atoms with Crippen LogP contribution in [0.1, 0.15) is 140 Å². The van der Waals surface area contributed by atoms with Gasteiger partial charge in [-0.2, -0.15) is 9.97 Å². The lowest BCUT2D eigenvalue weighted by Gasteiger charge is -2.34. The molecular weight excluding hydrogens is 897 g/mol. The van der Waals surface area contributed by atoms with Gasteiger partial charge in [-0.25, -0.2) is 9.59 Å². The van der Waals surface area contributed by atoms with Gasteiger partial charge in [0, 0.05) is 33.7 Å². The Balaban J connectivity index is 0.000000260. The number of thiophene rings is 2. The van der Waals surface area contributed by atoms with Crippen LogP contribution in [0.25, 0.3) is 0 Å². The highest BCUT2D eigenvalue weighted by Crippen LogP contribution is 2.33. The minimum atomic E-state index is -0.744. The molecule has 5 N–H and O–H groups in total. The van der Waals surface area contributed by atoms with E-state index in [-0.39, 0.29) is 52.8 Å².